The van der Waals surface area contributed by atoms with Gasteiger partial charge >= 0.3 is 0 Å². The van der Waals surface area contributed by atoms with Gasteiger partial charge in [0.15, 0.2) is 0 Å². The minimum Gasteiger partial charge on any atom is -0.417 e. The summed E-state index contributed by atoms with van der Waals surface area (Å²) in [6, 6.07) is 0. The van der Waals surface area contributed by atoms with Gasteiger partial charge in [0, 0.05) is 6.61 Å². The van der Waals surface area contributed by atoms with E-state index >= 15 is 0 Å². The van der Waals surface area contributed by atoms with Crippen molar-refractivity contribution in [2.45, 2.75) is 20.4 Å². The second kappa shape index (κ2) is 4.34. The standard InChI is InChI=1S/C5H12OSi/c1-5(2)4-6-7-3/h5H,4H2,1-3H3. The molecule has 2 heteroatoms. The highest BCUT2D eigenvalue weighted by Gasteiger charge is 1.88. The van der Waals surface area contributed by atoms with E-state index in [1.54, 1.807) is 0 Å². The zero-order chi connectivity index (χ0) is 5.70. The molecule has 2 radical (unpaired) electrons. The second-order valence-corrected chi connectivity index (χ2v) is 2.61. The van der Waals surface area contributed by atoms with Crippen molar-refractivity contribution in [3.63, 3.8) is 0 Å². The van der Waals surface area contributed by atoms with Crippen LogP contribution in [0.2, 0.25) is 6.55 Å². The number of hydrogen-bond acceptors (Lipinski definition) is 1. The van der Waals surface area contributed by atoms with E-state index in [0.29, 0.717) is 15.7 Å². The van der Waals surface area contributed by atoms with Crippen LogP contribution in [-0.2, 0) is 4.43 Å². The maximum absolute atomic E-state index is 5.12. The number of hydrogen-bond donors (Lipinski definition) is 0. The van der Waals surface area contributed by atoms with Gasteiger partial charge in [-0.05, 0) is 12.5 Å². The third kappa shape index (κ3) is 6.18. The van der Waals surface area contributed by atoms with Crippen LogP contribution in [0, 0.1) is 5.92 Å². The van der Waals surface area contributed by atoms with Crippen molar-refractivity contribution < 1.29 is 4.43 Å². The van der Waals surface area contributed by atoms with Crippen molar-refractivity contribution in [1.82, 2.24) is 0 Å². The highest BCUT2D eigenvalue weighted by molar-refractivity contribution is 6.24. The maximum Gasteiger partial charge on any atom is 0.226 e. The molecule has 0 saturated carbocycles. The summed E-state index contributed by atoms with van der Waals surface area (Å²) in [5.74, 6) is 0.687. The van der Waals surface area contributed by atoms with E-state index in [4.69, 9.17) is 4.43 Å². The molecule has 0 unspecified atom stereocenters. The van der Waals surface area contributed by atoms with E-state index in [9.17, 15) is 0 Å². The van der Waals surface area contributed by atoms with E-state index in [0.717, 1.165) is 6.61 Å². The molecule has 0 aromatic heterocycles. The summed E-state index contributed by atoms with van der Waals surface area (Å²) in [5.41, 5.74) is 0. The largest absolute Gasteiger partial charge is 0.417 e. The Bertz CT molecular complexity index is 37.1. The first-order valence-corrected chi connectivity index (χ1v) is 3.96. The molecule has 0 aromatic rings. The fourth-order valence-corrected chi connectivity index (χ4v) is 0.750. The molecule has 0 atom stereocenters. The fraction of sp³-hybridized carbons (Fsp3) is 1.00. The van der Waals surface area contributed by atoms with Crippen LogP contribution in [0.1, 0.15) is 13.8 Å². The molecule has 0 aliphatic carbocycles. The highest BCUT2D eigenvalue weighted by Crippen LogP contribution is 1.89. The summed E-state index contributed by atoms with van der Waals surface area (Å²) in [4.78, 5) is 0. The summed E-state index contributed by atoms with van der Waals surface area (Å²) in [5, 5.41) is 0. The van der Waals surface area contributed by atoms with Gasteiger partial charge in [0.25, 0.3) is 0 Å². The first-order chi connectivity index (χ1) is 3.27. The monoisotopic (exact) mass is 116 g/mol. The topological polar surface area (TPSA) is 9.23 Å². The molecule has 0 N–H and O–H groups in total. The van der Waals surface area contributed by atoms with Crippen LogP contribution >= 0.6 is 0 Å². The van der Waals surface area contributed by atoms with Crippen LogP contribution in [0.5, 0.6) is 0 Å². The van der Waals surface area contributed by atoms with Crippen molar-refractivity contribution in [2.75, 3.05) is 6.61 Å². The lowest BCUT2D eigenvalue weighted by atomic mass is 10.2. The Hall–Kier alpha value is 0.177. The molecule has 42 valence electrons. The third-order valence-electron chi connectivity index (χ3n) is 0.561. The Balaban J connectivity index is 2.68. The van der Waals surface area contributed by atoms with E-state index in [2.05, 4.69) is 13.8 Å². The molecule has 0 saturated heterocycles. The smallest absolute Gasteiger partial charge is 0.226 e. The fourth-order valence-electron chi connectivity index (χ4n) is 0.250. The predicted octanol–water partition coefficient (Wildman–Crippen LogP) is 1.33. The average Bonchev–Trinajstić information content (AvgIpc) is 1.61. The molecule has 0 amide bonds. The Morgan fingerprint density at radius 1 is 1.57 bits per heavy atom. The molecular formula is C5H12OSi. The first-order valence-electron chi connectivity index (χ1n) is 2.56. The summed E-state index contributed by atoms with van der Waals surface area (Å²) >= 11 is 0. The number of rotatable bonds is 3. The molecule has 1 nitrogen and oxygen atoms in total. The van der Waals surface area contributed by atoms with Gasteiger partial charge < -0.3 is 4.43 Å². The van der Waals surface area contributed by atoms with Gasteiger partial charge in [-0.3, -0.25) is 0 Å². The predicted molar refractivity (Wildman–Crippen MR) is 32.4 cm³/mol. The van der Waals surface area contributed by atoms with Crippen molar-refractivity contribution in [3.05, 3.63) is 0 Å². The van der Waals surface area contributed by atoms with E-state index in [-0.39, 0.29) is 0 Å². The zero-order valence-corrected chi connectivity index (χ0v) is 6.19. The molecule has 0 aliphatic heterocycles. The summed E-state index contributed by atoms with van der Waals surface area (Å²) < 4.78 is 5.12. The molecule has 0 aliphatic rings. The van der Waals surface area contributed by atoms with Crippen molar-refractivity contribution in [3.8, 4) is 0 Å². The van der Waals surface area contributed by atoms with Crippen molar-refractivity contribution in [2.24, 2.45) is 5.92 Å². The van der Waals surface area contributed by atoms with Gasteiger partial charge in [0.05, 0.1) is 0 Å². The molecule has 0 aromatic carbocycles. The lowest BCUT2D eigenvalue weighted by molar-refractivity contribution is 0.287. The van der Waals surface area contributed by atoms with Gasteiger partial charge in [0.2, 0.25) is 9.76 Å². The first kappa shape index (κ1) is 7.18. The Morgan fingerprint density at radius 2 is 2.14 bits per heavy atom. The van der Waals surface area contributed by atoms with Crippen molar-refractivity contribution >= 4 is 9.76 Å². The molecule has 0 spiro atoms. The second-order valence-electron chi connectivity index (χ2n) is 1.91. The Morgan fingerprint density at radius 3 is 2.29 bits per heavy atom. The third-order valence-corrected chi connectivity index (χ3v) is 1.02. The van der Waals surface area contributed by atoms with Gasteiger partial charge in [-0.15, -0.1) is 0 Å². The normalized spacial score (nSPS) is 10.3. The van der Waals surface area contributed by atoms with Gasteiger partial charge in [0.1, 0.15) is 0 Å². The van der Waals surface area contributed by atoms with E-state index in [1.165, 1.54) is 0 Å². The average molecular weight is 116 g/mol. The van der Waals surface area contributed by atoms with E-state index in [1.807, 2.05) is 6.55 Å². The maximum atomic E-state index is 5.12. The summed E-state index contributed by atoms with van der Waals surface area (Å²) in [6.07, 6.45) is 0. The molecular weight excluding hydrogens is 104 g/mol. The van der Waals surface area contributed by atoms with Gasteiger partial charge in [-0.1, -0.05) is 13.8 Å². The van der Waals surface area contributed by atoms with Crippen LogP contribution < -0.4 is 0 Å². The van der Waals surface area contributed by atoms with Crippen LogP contribution in [-0.4, -0.2) is 16.4 Å². The molecule has 7 heavy (non-hydrogen) atoms. The lowest BCUT2D eigenvalue weighted by Gasteiger charge is -2.01. The van der Waals surface area contributed by atoms with Crippen molar-refractivity contribution in [1.29, 1.82) is 0 Å². The van der Waals surface area contributed by atoms with Gasteiger partial charge in [-0.25, -0.2) is 0 Å². The van der Waals surface area contributed by atoms with E-state index < -0.39 is 0 Å². The molecule has 0 rings (SSSR count). The van der Waals surface area contributed by atoms with Crippen LogP contribution in [0.3, 0.4) is 0 Å². The molecule has 0 fully saturated rings. The van der Waals surface area contributed by atoms with Crippen LogP contribution in [0.15, 0.2) is 0 Å². The SMILES string of the molecule is C[Si]OCC(C)C. The van der Waals surface area contributed by atoms with Crippen LogP contribution in [0.4, 0.5) is 0 Å². The summed E-state index contributed by atoms with van der Waals surface area (Å²) in [6.45, 7) is 7.26. The highest BCUT2D eigenvalue weighted by atomic mass is 28.2. The molecule has 0 heterocycles. The zero-order valence-electron chi connectivity index (χ0n) is 5.19. The Labute approximate surface area is 48.0 Å². The minimum atomic E-state index is 0.651. The summed E-state index contributed by atoms with van der Waals surface area (Å²) in [7, 11) is 0.651. The van der Waals surface area contributed by atoms with Crippen LogP contribution in [0.25, 0.3) is 0 Å². The Kier molecular flexibility index (Phi) is 4.45. The molecule has 0 bridgehead atoms. The quantitative estimate of drug-likeness (QED) is 0.505. The van der Waals surface area contributed by atoms with Gasteiger partial charge in [-0.2, -0.15) is 0 Å². The lowest BCUT2D eigenvalue weighted by Crippen LogP contribution is -2.02. The minimum absolute atomic E-state index is 0.651.